The van der Waals surface area contributed by atoms with Crippen molar-refractivity contribution in [3.63, 3.8) is 0 Å². The second kappa shape index (κ2) is 8.03. The van der Waals surface area contributed by atoms with Gasteiger partial charge in [-0.3, -0.25) is 14.9 Å². The van der Waals surface area contributed by atoms with E-state index in [4.69, 9.17) is 27.9 Å². The van der Waals surface area contributed by atoms with Crippen LogP contribution >= 0.6 is 34.5 Å². The molecule has 0 aliphatic heterocycles. The molecule has 5 nitrogen and oxygen atoms in total. The Morgan fingerprint density at radius 1 is 1.15 bits per heavy atom. The Kier molecular flexibility index (Phi) is 5.76. The van der Waals surface area contributed by atoms with E-state index in [9.17, 15) is 9.59 Å². The van der Waals surface area contributed by atoms with E-state index in [1.807, 2.05) is 25.1 Å². The number of amides is 1. The lowest BCUT2D eigenvalue weighted by atomic mass is 10.1. The molecular weight excluding hydrogens is 395 g/mol. The van der Waals surface area contributed by atoms with Crippen LogP contribution in [0.25, 0.3) is 10.2 Å². The third kappa shape index (κ3) is 4.72. The fourth-order valence-electron chi connectivity index (χ4n) is 2.25. The van der Waals surface area contributed by atoms with Crippen molar-refractivity contribution < 1.29 is 14.3 Å². The lowest BCUT2D eigenvalue weighted by Crippen LogP contribution is -2.21. The van der Waals surface area contributed by atoms with Gasteiger partial charge in [0.1, 0.15) is 0 Å². The van der Waals surface area contributed by atoms with Crippen molar-refractivity contribution in [1.29, 1.82) is 0 Å². The van der Waals surface area contributed by atoms with Crippen molar-refractivity contribution in [3.8, 4) is 0 Å². The first-order valence-electron chi connectivity index (χ1n) is 7.67. The number of benzene rings is 2. The molecule has 0 unspecified atom stereocenters. The smallest absolute Gasteiger partial charge is 0.310 e. The quantitative estimate of drug-likeness (QED) is 0.624. The molecule has 0 aliphatic rings. The maximum atomic E-state index is 12.0. The van der Waals surface area contributed by atoms with Crippen LogP contribution in [-0.4, -0.2) is 23.5 Å². The number of rotatable bonds is 5. The van der Waals surface area contributed by atoms with E-state index in [1.165, 1.54) is 11.3 Å². The molecule has 0 aliphatic carbocycles. The average molecular weight is 409 g/mol. The summed E-state index contributed by atoms with van der Waals surface area (Å²) in [6.07, 6.45) is 0.00455. The van der Waals surface area contributed by atoms with E-state index in [0.29, 0.717) is 20.7 Å². The standard InChI is InChI=1S/C18H14Cl2N2O3S/c1-10-2-5-14-15(6-10)26-18(21-14)22-16(23)9-25-17(24)8-11-3-4-12(19)13(20)7-11/h2-7H,8-9H2,1H3,(H,21,22,23). The number of hydrogen-bond donors (Lipinski definition) is 1. The molecule has 1 N–H and O–H groups in total. The summed E-state index contributed by atoms with van der Waals surface area (Å²) in [5.74, 6) is -0.971. The zero-order valence-electron chi connectivity index (χ0n) is 13.7. The largest absolute Gasteiger partial charge is 0.455 e. The van der Waals surface area contributed by atoms with E-state index in [0.717, 1.165) is 15.8 Å². The summed E-state index contributed by atoms with van der Waals surface area (Å²) in [5.41, 5.74) is 2.59. The number of anilines is 1. The third-order valence-electron chi connectivity index (χ3n) is 3.49. The lowest BCUT2D eigenvalue weighted by molar-refractivity contribution is -0.146. The minimum absolute atomic E-state index is 0.00455. The first-order valence-corrected chi connectivity index (χ1v) is 9.24. The number of carbonyl (C=O) groups is 2. The molecule has 0 fully saturated rings. The Balaban J connectivity index is 1.52. The van der Waals surface area contributed by atoms with E-state index in [-0.39, 0.29) is 13.0 Å². The van der Waals surface area contributed by atoms with Crippen LogP contribution in [0.1, 0.15) is 11.1 Å². The zero-order valence-corrected chi connectivity index (χ0v) is 16.0. The molecule has 0 saturated heterocycles. The van der Waals surface area contributed by atoms with Crippen molar-refractivity contribution in [2.75, 3.05) is 11.9 Å². The molecular formula is C18H14Cl2N2O3S. The van der Waals surface area contributed by atoms with Gasteiger partial charge in [-0.2, -0.15) is 0 Å². The highest BCUT2D eigenvalue weighted by Crippen LogP contribution is 2.26. The maximum Gasteiger partial charge on any atom is 0.310 e. The van der Waals surface area contributed by atoms with E-state index in [1.54, 1.807) is 18.2 Å². The van der Waals surface area contributed by atoms with Gasteiger partial charge in [-0.15, -0.1) is 0 Å². The highest BCUT2D eigenvalue weighted by molar-refractivity contribution is 7.22. The average Bonchev–Trinajstić information content (AvgIpc) is 2.97. The highest BCUT2D eigenvalue weighted by Gasteiger charge is 2.12. The fraction of sp³-hybridized carbons (Fsp3) is 0.167. The van der Waals surface area contributed by atoms with Crippen LogP contribution in [0.3, 0.4) is 0 Å². The van der Waals surface area contributed by atoms with Gasteiger partial charge < -0.3 is 4.74 Å². The second-order valence-corrected chi connectivity index (χ2v) is 7.47. The molecule has 0 saturated carbocycles. The molecule has 1 heterocycles. The number of thiazole rings is 1. The molecule has 0 atom stereocenters. The van der Waals surface area contributed by atoms with Gasteiger partial charge in [-0.25, -0.2) is 4.98 Å². The molecule has 1 aromatic heterocycles. The topological polar surface area (TPSA) is 68.3 Å². The molecule has 0 radical (unpaired) electrons. The van der Waals surface area contributed by atoms with Crippen LogP contribution in [0.2, 0.25) is 10.0 Å². The predicted octanol–water partition coefficient (Wildman–Crippen LogP) is 4.64. The number of hydrogen-bond acceptors (Lipinski definition) is 5. The van der Waals surface area contributed by atoms with Crippen molar-refractivity contribution in [2.24, 2.45) is 0 Å². The molecule has 134 valence electrons. The van der Waals surface area contributed by atoms with Gasteiger partial charge in [-0.1, -0.05) is 46.7 Å². The Hall–Kier alpha value is -2.15. The number of carbonyl (C=O) groups excluding carboxylic acids is 2. The Bertz CT molecular complexity index is 988. The number of nitrogens with zero attached hydrogens (tertiary/aromatic N) is 1. The summed E-state index contributed by atoms with van der Waals surface area (Å²) in [4.78, 5) is 28.1. The molecule has 26 heavy (non-hydrogen) atoms. The summed E-state index contributed by atoms with van der Waals surface area (Å²) in [6, 6.07) is 10.7. The van der Waals surface area contributed by atoms with Gasteiger partial charge in [0.15, 0.2) is 11.7 Å². The number of nitrogens with one attached hydrogen (secondary N) is 1. The summed E-state index contributed by atoms with van der Waals surface area (Å²) < 4.78 is 5.98. The number of ether oxygens (including phenoxy) is 1. The number of aromatic nitrogens is 1. The van der Waals surface area contributed by atoms with Crippen LogP contribution in [-0.2, 0) is 20.7 Å². The predicted molar refractivity (Wildman–Crippen MR) is 104 cm³/mol. The van der Waals surface area contributed by atoms with E-state index < -0.39 is 11.9 Å². The summed E-state index contributed by atoms with van der Waals surface area (Å²) in [6.45, 7) is 1.61. The number of halogens is 2. The second-order valence-electron chi connectivity index (χ2n) is 5.62. The molecule has 2 aromatic carbocycles. The first kappa shape index (κ1) is 18.6. The van der Waals surface area contributed by atoms with E-state index in [2.05, 4.69) is 10.3 Å². The van der Waals surface area contributed by atoms with Gasteiger partial charge in [0.2, 0.25) is 0 Å². The molecule has 0 spiro atoms. The van der Waals surface area contributed by atoms with Crippen LogP contribution in [0.4, 0.5) is 5.13 Å². The molecule has 0 bridgehead atoms. The summed E-state index contributed by atoms with van der Waals surface area (Å²) in [5, 5.41) is 3.88. The van der Waals surface area contributed by atoms with Crippen molar-refractivity contribution >= 4 is 61.8 Å². The van der Waals surface area contributed by atoms with Crippen LogP contribution < -0.4 is 5.32 Å². The molecule has 3 aromatic rings. The number of aryl methyl sites for hydroxylation is 1. The monoisotopic (exact) mass is 408 g/mol. The van der Waals surface area contributed by atoms with Crippen LogP contribution in [0.15, 0.2) is 36.4 Å². The zero-order chi connectivity index (χ0) is 18.7. The van der Waals surface area contributed by atoms with Gasteiger partial charge >= 0.3 is 5.97 Å². The van der Waals surface area contributed by atoms with Gasteiger partial charge in [-0.05, 0) is 42.3 Å². The van der Waals surface area contributed by atoms with Crippen molar-refractivity contribution in [2.45, 2.75) is 13.3 Å². The molecule has 8 heteroatoms. The first-order chi connectivity index (χ1) is 12.4. The minimum Gasteiger partial charge on any atom is -0.455 e. The van der Waals surface area contributed by atoms with Crippen molar-refractivity contribution in [1.82, 2.24) is 4.98 Å². The normalized spacial score (nSPS) is 10.7. The van der Waals surface area contributed by atoms with Crippen LogP contribution in [0.5, 0.6) is 0 Å². The summed E-state index contributed by atoms with van der Waals surface area (Å²) >= 11 is 13.1. The minimum atomic E-state index is -0.529. The number of esters is 1. The van der Waals surface area contributed by atoms with Crippen LogP contribution in [0, 0.1) is 6.92 Å². The maximum absolute atomic E-state index is 12.0. The summed E-state index contributed by atoms with van der Waals surface area (Å²) in [7, 11) is 0. The van der Waals surface area contributed by atoms with Gasteiger partial charge in [0, 0.05) is 0 Å². The number of fused-ring (bicyclic) bond motifs is 1. The van der Waals surface area contributed by atoms with Gasteiger partial charge in [0.25, 0.3) is 5.91 Å². The lowest BCUT2D eigenvalue weighted by Gasteiger charge is -2.05. The third-order valence-corrected chi connectivity index (χ3v) is 5.16. The fourth-order valence-corrected chi connectivity index (χ4v) is 3.55. The Morgan fingerprint density at radius 3 is 2.73 bits per heavy atom. The van der Waals surface area contributed by atoms with E-state index >= 15 is 0 Å². The molecule has 3 rings (SSSR count). The Morgan fingerprint density at radius 2 is 1.96 bits per heavy atom. The van der Waals surface area contributed by atoms with Crippen molar-refractivity contribution in [3.05, 3.63) is 57.6 Å². The Labute approximate surface area is 163 Å². The SMILES string of the molecule is Cc1ccc2nc(NC(=O)COC(=O)Cc3ccc(Cl)c(Cl)c3)sc2c1. The van der Waals surface area contributed by atoms with Gasteiger partial charge in [0.05, 0.1) is 26.7 Å². The highest BCUT2D eigenvalue weighted by atomic mass is 35.5. The molecule has 1 amide bonds.